The summed E-state index contributed by atoms with van der Waals surface area (Å²) >= 11 is 0. The van der Waals surface area contributed by atoms with Crippen molar-refractivity contribution in [2.24, 2.45) is 0 Å². The number of likely N-dealkylation sites (N-methyl/N-ethyl adjacent to an activating group) is 1. The molecule has 0 bridgehead atoms. The Morgan fingerprint density at radius 3 is 2.76 bits per heavy atom. The van der Waals surface area contributed by atoms with Crippen molar-refractivity contribution in [2.45, 2.75) is 26.5 Å². The van der Waals surface area contributed by atoms with Crippen LogP contribution >= 0.6 is 0 Å². The van der Waals surface area contributed by atoms with Crippen LogP contribution in [0.4, 0.5) is 0 Å². The van der Waals surface area contributed by atoms with E-state index >= 15 is 0 Å². The van der Waals surface area contributed by atoms with E-state index in [1.807, 2.05) is 40.3 Å². The summed E-state index contributed by atoms with van der Waals surface area (Å²) < 4.78 is 5.97. The van der Waals surface area contributed by atoms with Crippen LogP contribution in [0.2, 0.25) is 0 Å². The van der Waals surface area contributed by atoms with E-state index in [9.17, 15) is 0 Å². The third-order valence-corrected chi connectivity index (χ3v) is 2.40. The SMILES string of the molecule is CNCc1cnc(C)cc1OC(C)CN(C)C. The van der Waals surface area contributed by atoms with E-state index in [1.165, 1.54) is 0 Å². The maximum Gasteiger partial charge on any atom is 0.127 e. The highest BCUT2D eigenvalue weighted by Gasteiger charge is 2.09. The molecule has 17 heavy (non-hydrogen) atoms. The Kier molecular flexibility index (Phi) is 5.38. The summed E-state index contributed by atoms with van der Waals surface area (Å²) in [5, 5.41) is 3.13. The second-order valence-corrected chi connectivity index (χ2v) is 4.65. The van der Waals surface area contributed by atoms with Gasteiger partial charge in [-0.25, -0.2) is 0 Å². The quantitative estimate of drug-likeness (QED) is 0.812. The van der Waals surface area contributed by atoms with Crippen molar-refractivity contribution in [1.29, 1.82) is 0 Å². The minimum Gasteiger partial charge on any atom is -0.489 e. The molecule has 0 saturated carbocycles. The average molecular weight is 237 g/mol. The molecule has 1 aromatic heterocycles. The van der Waals surface area contributed by atoms with Gasteiger partial charge in [0.1, 0.15) is 11.9 Å². The molecule has 1 rings (SSSR count). The van der Waals surface area contributed by atoms with E-state index in [0.717, 1.165) is 30.1 Å². The van der Waals surface area contributed by atoms with E-state index in [4.69, 9.17) is 4.74 Å². The number of rotatable bonds is 6. The number of hydrogen-bond acceptors (Lipinski definition) is 4. The fourth-order valence-corrected chi connectivity index (χ4v) is 1.76. The normalized spacial score (nSPS) is 12.8. The molecule has 1 aromatic rings. The molecule has 4 nitrogen and oxygen atoms in total. The summed E-state index contributed by atoms with van der Waals surface area (Å²) in [6.45, 7) is 5.74. The number of nitrogens with zero attached hydrogens (tertiary/aromatic N) is 2. The van der Waals surface area contributed by atoms with Crippen molar-refractivity contribution in [3.05, 3.63) is 23.5 Å². The lowest BCUT2D eigenvalue weighted by atomic mass is 10.2. The van der Waals surface area contributed by atoms with Gasteiger partial charge in [-0.05, 0) is 35.0 Å². The van der Waals surface area contributed by atoms with E-state index < -0.39 is 0 Å². The third kappa shape index (κ3) is 4.71. The first kappa shape index (κ1) is 13.9. The van der Waals surface area contributed by atoms with Crippen LogP contribution in [0.5, 0.6) is 5.75 Å². The molecule has 0 aliphatic heterocycles. The van der Waals surface area contributed by atoms with Crippen LogP contribution < -0.4 is 10.1 Å². The van der Waals surface area contributed by atoms with Crippen molar-refractivity contribution in [3.8, 4) is 5.75 Å². The maximum absolute atomic E-state index is 5.97. The summed E-state index contributed by atoms with van der Waals surface area (Å²) in [5.74, 6) is 0.932. The molecule has 0 aliphatic carbocycles. The number of aryl methyl sites for hydroxylation is 1. The van der Waals surface area contributed by atoms with Crippen molar-refractivity contribution in [3.63, 3.8) is 0 Å². The van der Waals surface area contributed by atoms with Crippen LogP contribution in [0.1, 0.15) is 18.2 Å². The van der Waals surface area contributed by atoms with Crippen LogP contribution in [0.15, 0.2) is 12.3 Å². The first-order chi connectivity index (χ1) is 8.02. The number of ether oxygens (including phenoxy) is 1. The lowest BCUT2D eigenvalue weighted by molar-refractivity contribution is 0.175. The Labute approximate surface area is 104 Å². The third-order valence-electron chi connectivity index (χ3n) is 2.40. The molecule has 0 amide bonds. The molecule has 0 saturated heterocycles. The largest absolute Gasteiger partial charge is 0.489 e. The molecular formula is C13H23N3O. The van der Waals surface area contributed by atoms with Gasteiger partial charge in [-0.1, -0.05) is 0 Å². The molecule has 1 atom stereocenters. The molecule has 0 fully saturated rings. The van der Waals surface area contributed by atoms with Crippen LogP contribution in [-0.4, -0.2) is 43.7 Å². The molecule has 1 heterocycles. The van der Waals surface area contributed by atoms with Crippen LogP contribution in [0.25, 0.3) is 0 Å². The summed E-state index contributed by atoms with van der Waals surface area (Å²) in [4.78, 5) is 6.42. The topological polar surface area (TPSA) is 37.4 Å². The van der Waals surface area contributed by atoms with Crippen molar-refractivity contribution >= 4 is 0 Å². The van der Waals surface area contributed by atoms with E-state index in [1.54, 1.807) is 0 Å². The summed E-state index contributed by atoms with van der Waals surface area (Å²) in [6, 6.07) is 2.00. The zero-order valence-electron chi connectivity index (χ0n) is 11.4. The summed E-state index contributed by atoms with van der Waals surface area (Å²) in [6.07, 6.45) is 2.05. The van der Waals surface area contributed by atoms with Crippen LogP contribution in [-0.2, 0) is 6.54 Å². The molecular weight excluding hydrogens is 214 g/mol. The minimum absolute atomic E-state index is 0.169. The fraction of sp³-hybridized carbons (Fsp3) is 0.615. The van der Waals surface area contributed by atoms with Gasteiger partial charge in [-0.3, -0.25) is 4.98 Å². The van der Waals surface area contributed by atoms with Gasteiger partial charge in [-0.15, -0.1) is 0 Å². The average Bonchev–Trinajstić information content (AvgIpc) is 2.21. The van der Waals surface area contributed by atoms with Crippen molar-refractivity contribution in [1.82, 2.24) is 15.2 Å². The Morgan fingerprint density at radius 1 is 1.47 bits per heavy atom. The molecule has 0 aromatic carbocycles. The smallest absolute Gasteiger partial charge is 0.127 e. The molecule has 0 radical (unpaired) electrons. The van der Waals surface area contributed by atoms with Crippen molar-refractivity contribution < 1.29 is 4.74 Å². The zero-order chi connectivity index (χ0) is 12.8. The molecule has 4 heteroatoms. The number of nitrogens with one attached hydrogen (secondary N) is 1. The first-order valence-electron chi connectivity index (χ1n) is 5.94. The molecule has 0 aliphatic rings. The molecule has 1 unspecified atom stereocenters. The molecule has 0 spiro atoms. The second kappa shape index (κ2) is 6.57. The second-order valence-electron chi connectivity index (χ2n) is 4.65. The van der Waals surface area contributed by atoms with Gasteiger partial charge in [0.25, 0.3) is 0 Å². The monoisotopic (exact) mass is 237 g/mol. The van der Waals surface area contributed by atoms with E-state index in [2.05, 4.69) is 22.1 Å². The van der Waals surface area contributed by atoms with Gasteiger partial charge < -0.3 is 15.0 Å². The summed E-state index contributed by atoms with van der Waals surface area (Å²) in [7, 11) is 6.02. The number of pyridine rings is 1. The maximum atomic E-state index is 5.97. The molecule has 96 valence electrons. The van der Waals surface area contributed by atoms with Gasteiger partial charge in [0.05, 0.1) is 0 Å². The predicted molar refractivity (Wildman–Crippen MR) is 70.4 cm³/mol. The van der Waals surface area contributed by atoms with Gasteiger partial charge in [-0.2, -0.15) is 0 Å². The number of aromatic nitrogens is 1. The lowest BCUT2D eigenvalue weighted by Gasteiger charge is -2.20. The first-order valence-corrected chi connectivity index (χ1v) is 5.94. The Morgan fingerprint density at radius 2 is 2.18 bits per heavy atom. The Balaban J connectivity index is 2.76. The Hall–Kier alpha value is -1.13. The van der Waals surface area contributed by atoms with Gasteiger partial charge in [0.2, 0.25) is 0 Å². The highest BCUT2D eigenvalue weighted by molar-refractivity contribution is 5.33. The van der Waals surface area contributed by atoms with E-state index in [-0.39, 0.29) is 6.10 Å². The van der Waals surface area contributed by atoms with Gasteiger partial charge >= 0.3 is 0 Å². The highest BCUT2D eigenvalue weighted by Crippen LogP contribution is 2.20. The standard InChI is InChI=1S/C13H23N3O/c1-10-6-13(12(7-14-3)8-15-10)17-11(2)9-16(4)5/h6,8,11,14H,7,9H2,1-5H3. The Bertz CT molecular complexity index is 353. The highest BCUT2D eigenvalue weighted by atomic mass is 16.5. The van der Waals surface area contributed by atoms with Gasteiger partial charge in [0.15, 0.2) is 0 Å². The zero-order valence-corrected chi connectivity index (χ0v) is 11.4. The predicted octanol–water partition coefficient (Wildman–Crippen LogP) is 1.44. The number of hydrogen-bond donors (Lipinski definition) is 1. The van der Waals surface area contributed by atoms with E-state index in [0.29, 0.717) is 0 Å². The lowest BCUT2D eigenvalue weighted by Crippen LogP contribution is -2.28. The van der Waals surface area contributed by atoms with Crippen LogP contribution in [0, 0.1) is 6.92 Å². The molecule has 1 N–H and O–H groups in total. The van der Waals surface area contributed by atoms with Crippen molar-refractivity contribution in [2.75, 3.05) is 27.7 Å². The van der Waals surface area contributed by atoms with Gasteiger partial charge in [0, 0.05) is 36.6 Å². The summed E-state index contributed by atoms with van der Waals surface area (Å²) in [5.41, 5.74) is 2.08. The fourth-order valence-electron chi connectivity index (χ4n) is 1.76. The minimum atomic E-state index is 0.169. The van der Waals surface area contributed by atoms with Crippen LogP contribution in [0.3, 0.4) is 0 Å².